The zero-order valence-corrected chi connectivity index (χ0v) is 31.7. The van der Waals surface area contributed by atoms with Crippen LogP contribution in [0.5, 0.6) is 11.5 Å². The maximum atomic E-state index is 13.4. The third-order valence-corrected chi connectivity index (χ3v) is 12.1. The van der Waals surface area contributed by atoms with Crippen LogP contribution in [0.4, 0.5) is 11.4 Å². The summed E-state index contributed by atoms with van der Waals surface area (Å²) in [6.07, 6.45) is 11.9. The normalized spacial score (nSPS) is 20.6. The minimum absolute atomic E-state index is 0.219. The number of likely N-dealkylation sites (tertiary alicyclic amines) is 1. The molecule has 7 heterocycles. The predicted molar refractivity (Wildman–Crippen MR) is 208 cm³/mol. The van der Waals surface area contributed by atoms with E-state index < -0.39 is 11.9 Å². The number of anilines is 2. The number of carbonyl (C=O) groups is 4. The summed E-state index contributed by atoms with van der Waals surface area (Å²) in [5.74, 6) is 0.956. The molecule has 0 bridgehead atoms. The number of hydrogen-bond acceptors (Lipinski definition) is 11. The first-order valence-corrected chi connectivity index (χ1v) is 19.9. The standard InChI is InChI=1S/C41H44N10O6/c1-56-35-15-29(13-27-21-49(41(55)37(27)35)33-5-6-36(52)45-40(33)54)48-19-25(20-48)18-47-11-7-28(8-12-47)51-22-26-14-32(34(16-31(26)46-51)57-23-24-3-4-24)44-39(53)30-17-43-50-10-2-9-42-38(30)50/h2,9-10,13-17,22,24-25,28,33H,3-8,11-12,18-21,23H2,1H3,(H,44,53)(H,45,52,54). The van der Waals surface area contributed by atoms with Gasteiger partial charge in [-0.15, -0.1) is 0 Å². The van der Waals surface area contributed by atoms with E-state index in [1.54, 1.807) is 35.0 Å². The lowest BCUT2D eigenvalue weighted by Crippen LogP contribution is -2.52. The van der Waals surface area contributed by atoms with E-state index in [4.69, 9.17) is 14.6 Å². The van der Waals surface area contributed by atoms with Crippen LogP contribution in [0.2, 0.25) is 0 Å². The van der Waals surface area contributed by atoms with Crippen molar-refractivity contribution in [1.82, 2.24) is 39.5 Å². The molecule has 4 fully saturated rings. The predicted octanol–water partition coefficient (Wildman–Crippen LogP) is 3.66. The van der Waals surface area contributed by atoms with Gasteiger partial charge in [-0.25, -0.2) is 9.50 Å². The van der Waals surface area contributed by atoms with Crippen LogP contribution in [0, 0.1) is 11.8 Å². The van der Waals surface area contributed by atoms with Gasteiger partial charge in [0.25, 0.3) is 11.8 Å². The van der Waals surface area contributed by atoms with E-state index in [2.05, 4.69) is 47.5 Å². The van der Waals surface area contributed by atoms with Crippen molar-refractivity contribution in [2.45, 2.75) is 57.2 Å². The van der Waals surface area contributed by atoms with E-state index in [0.717, 1.165) is 80.6 Å². The summed E-state index contributed by atoms with van der Waals surface area (Å²) in [4.78, 5) is 61.9. The molecule has 1 atom stereocenters. The zero-order valence-electron chi connectivity index (χ0n) is 31.7. The fraction of sp³-hybridized carbons (Fsp3) is 0.439. The maximum Gasteiger partial charge on any atom is 0.261 e. The minimum Gasteiger partial charge on any atom is -0.496 e. The molecule has 4 amide bonds. The molecule has 294 valence electrons. The number of aromatic nitrogens is 5. The second-order valence-electron chi connectivity index (χ2n) is 16.1. The Bertz CT molecular complexity index is 2430. The smallest absolute Gasteiger partial charge is 0.261 e. The number of hydrogen-bond donors (Lipinski definition) is 2. The van der Waals surface area contributed by atoms with E-state index in [-0.39, 0.29) is 30.2 Å². The molecular formula is C41H44N10O6. The van der Waals surface area contributed by atoms with Gasteiger partial charge in [-0.1, -0.05) is 0 Å². The molecule has 16 nitrogen and oxygen atoms in total. The molecule has 0 radical (unpaired) electrons. The summed E-state index contributed by atoms with van der Waals surface area (Å²) >= 11 is 0. The molecule has 1 unspecified atom stereocenters. The number of benzene rings is 2. The lowest BCUT2D eigenvalue weighted by atomic mass is 9.95. The number of amides is 4. The molecular weight excluding hydrogens is 729 g/mol. The van der Waals surface area contributed by atoms with E-state index in [1.165, 1.54) is 6.20 Å². The second-order valence-corrected chi connectivity index (χ2v) is 16.1. The Balaban J connectivity index is 0.763. The summed E-state index contributed by atoms with van der Waals surface area (Å²) in [7, 11) is 1.57. The Morgan fingerprint density at radius 2 is 1.84 bits per heavy atom. The fourth-order valence-electron chi connectivity index (χ4n) is 8.77. The fourth-order valence-corrected chi connectivity index (χ4v) is 8.77. The molecule has 3 saturated heterocycles. The van der Waals surface area contributed by atoms with Gasteiger partial charge in [-0.2, -0.15) is 10.2 Å². The number of ether oxygens (including phenoxy) is 2. The van der Waals surface area contributed by atoms with Crippen molar-refractivity contribution in [2.75, 3.05) is 56.7 Å². The van der Waals surface area contributed by atoms with E-state index in [1.807, 2.05) is 18.2 Å². The van der Waals surface area contributed by atoms with E-state index >= 15 is 0 Å². The highest BCUT2D eigenvalue weighted by Crippen LogP contribution is 2.40. The topological polar surface area (TPSA) is 169 Å². The van der Waals surface area contributed by atoms with Gasteiger partial charge in [0.2, 0.25) is 11.8 Å². The molecule has 1 aliphatic carbocycles. The minimum atomic E-state index is -0.662. The van der Waals surface area contributed by atoms with Crippen LogP contribution in [0.1, 0.15) is 70.8 Å². The van der Waals surface area contributed by atoms with E-state index in [9.17, 15) is 19.2 Å². The molecule has 16 heteroatoms. The third-order valence-electron chi connectivity index (χ3n) is 12.1. The van der Waals surface area contributed by atoms with Gasteiger partial charge in [0.15, 0.2) is 5.65 Å². The zero-order chi connectivity index (χ0) is 38.8. The summed E-state index contributed by atoms with van der Waals surface area (Å²) in [6.45, 7) is 5.72. The molecule has 5 aliphatic rings. The van der Waals surface area contributed by atoms with Crippen molar-refractivity contribution in [3.63, 3.8) is 0 Å². The molecule has 0 spiro atoms. The first-order valence-electron chi connectivity index (χ1n) is 19.9. The van der Waals surface area contributed by atoms with Crippen LogP contribution in [0.15, 0.2) is 55.1 Å². The monoisotopic (exact) mass is 772 g/mol. The number of carbonyl (C=O) groups excluding carboxylic acids is 4. The second kappa shape index (κ2) is 14.2. The largest absolute Gasteiger partial charge is 0.496 e. The van der Waals surface area contributed by atoms with Gasteiger partial charge in [0.05, 0.1) is 42.7 Å². The molecule has 57 heavy (non-hydrogen) atoms. The molecule has 2 N–H and O–H groups in total. The average molecular weight is 773 g/mol. The van der Waals surface area contributed by atoms with Gasteiger partial charge >= 0.3 is 0 Å². The first-order chi connectivity index (χ1) is 27.8. The lowest BCUT2D eigenvalue weighted by molar-refractivity contribution is -0.136. The number of nitrogens with one attached hydrogen (secondary N) is 2. The van der Waals surface area contributed by atoms with Crippen LogP contribution in [0.3, 0.4) is 0 Å². The van der Waals surface area contributed by atoms with Crippen LogP contribution in [-0.2, 0) is 16.1 Å². The number of fused-ring (bicyclic) bond motifs is 3. The SMILES string of the molecule is COc1cc(N2CC(CN3CCC(n4cc5cc(NC(=O)c6cnn7cccnc67)c(OCC6CC6)cc5n4)CC3)C2)cc2c1C(=O)N(C1CCC(=O)NC1=O)C2. The number of imide groups is 1. The van der Waals surface area contributed by atoms with Gasteiger partial charge in [0, 0.05) is 93.4 Å². The quantitative estimate of drug-likeness (QED) is 0.188. The van der Waals surface area contributed by atoms with Gasteiger partial charge < -0.3 is 29.5 Å². The Morgan fingerprint density at radius 3 is 2.63 bits per heavy atom. The highest BCUT2D eigenvalue weighted by atomic mass is 16.5. The molecule has 10 rings (SSSR count). The Labute approximate surface area is 328 Å². The van der Waals surface area contributed by atoms with Crippen molar-refractivity contribution in [3.05, 3.63) is 71.8 Å². The number of nitrogens with zero attached hydrogens (tertiary/aromatic N) is 8. The van der Waals surface area contributed by atoms with Crippen molar-refractivity contribution in [3.8, 4) is 11.5 Å². The van der Waals surface area contributed by atoms with Crippen LogP contribution in [-0.4, -0.2) is 110 Å². The first kappa shape index (κ1) is 35.4. The van der Waals surface area contributed by atoms with E-state index in [0.29, 0.717) is 65.4 Å². The summed E-state index contributed by atoms with van der Waals surface area (Å²) in [6, 6.07) is 9.26. The highest BCUT2D eigenvalue weighted by Gasteiger charge is 2.41. The highest BCUT2D eigenvalue weighted by molar-refractivity contribution is 6.09. The molecule has 5 aromatic rings. The third kappa shape index (κ3) is 6.70. The van der Waals surface area contributed by atoms with Crippen LogP contribution >= 0.6 is 0 Å². The average Bonchev–Trinajstić information content (AvgIpc) is 3.62. The van der Waals surface area contributed by atoms with Gasteiger partial charge in [-0.05, 0) is 61.8 Å². The lowest BCUT2D eigenvalue weighted by Gasteiger charge is -2.44. The Morgan fingerprint density at radius 1 is 1.00 bits per heavy atom. The Kier molecular flexibility index (Phi) is 8.80. The van der Waals surface area contributed by atoms with Crippen molar-refractivity contribution in [2.24, 2.45) is 11.8 Å². The maximum absolute atomic E-state index is 13.4. The summed E-state index contributed by atoms with van der Waals surface area (Å²) < 4.78 is 15.6. The number of piperidine rings is 2. The summed E-state index contributed by atoms with van der Waals surface area (Å²) in [5, 5.41) is 15.6. The molecule has 2 aromatic carbocycles. The molecule has 3 aromatic heterocycles. The number of rotatable bonds is 11. The van der Waals surface area contributed by atoms with Crippen molar-refractivity contribution in [1.29, 1.82) is 0 Å². The number of methoxy groups -OCH3 is 1. The summed E-state index contributed by atoms with van der Waals surface area (Å²) in [5.41, 5.74) is 4.69. The van der Waals surface area contributed by atoms with Crippen molar-refractivity contribution >= 4 is 51.6 Å². The van der Waals surface area contributed by atoms with Crippen LogP contribution in [0.25, 0.3) is 16.6 Å². The van der Waals surface area contributed by atoms with Gasteiger partial charge in [-0.3, -0.25) is 29.2 Å². The van der Waals surface area contributed by atoms with Gasteiger partial charge in [0.1, 0.15) is 23.1 Å². The van der Waals surface area contributed by atoms with Crippen LogP contribution < -0.4 is 25.0 Å². The molecule has 1 saturated carbocycles. The molecule has 4 aliphatic heterocycles. The van der Waals surface area contributed by atoms with Crippen molar-refractivity contribution < 1.29 is 28.7 Å². The Hall–Kier alpha value is -6.03.